The molecule has 0 saturated carbocycles. The van der Waals surface area contributed by atoms with E-state index in [-0.39, 0.29) is 44.1 Å². The van der Waals surface area contributed by atoms with E-state index in [1.54, 1.807) is 58.0 Å². The number of carboxylic acids is 3. The number of nitrogens with two attached hydrogens (primary N) is 2. The van der Waals surface area contributed by atoms with Gasteiger partial charge in [0.1, 0.15) is 42.3 Å². The van der Waals surface area contributed by atoms with Crippen molar-refractivity contribution in [2.45, 2.75) is 129 Å². The number of aliphatic imine (C=N–C) groups is 1. The highest BCUT2D eigenvalue weighted by molar-refractivity contribution is 5.98. The summed E-state index contributed by atoms with van der Waals surface area (Å²) in [4.78, 5) is 168. The Labute approximate surface area is 432 Å². The zero-order valence-electron chi connectivity index (χ0n) is 42.6. The Morgan fingerprint density at radius 2 is 1.08 bits per heavy atom. The first-order chi connectivity index (χ1) is 35.1. The van der Waals surface area contributed by atoms with Gasteiger partial charge < -0.3 is 80.0 Å². The van der Waals surface area contributed by atoms with Crippen LogP contribution in [-0.2, 0) is 68.7 Å². The number of carboxylic acid groups (broad SMARTS) is 3. The first-order valence-electron chi connectivity index (χ1n) is 23.7. The van der Waals surface area contributed by atoms with Gasteiger partial charge in [-0.2, -0.15) is 0 Å². The Kier molecular flexibility index (Phi) is 28.7. The number of benzene rings is 1. The third-order valence-corrected chi connectivity index (χ3v) is 10.5. The Balaban J connectivity index is 2.94. The molecule has 416 valence electrons. The van der Waals surface area contributed by atoms with Crippen LogP contribution in [0.15, 0.2) is 35.3 Å². The lowest BCUT2D eigenvalue weighted by molar-refractivity contribution is -0.143. The van der Waals surface area contributed by atoms with Crippen LogP contribution in [0.2, 0.25) is 0 Å². The van der Waals surface area contributed by atoms with Crippen LogP contribution in [0.1, 0.15) is 85.6 Å². The predicted octanol–water partition coefficient (Wildman–Crippen LogP) is -4.81. The molecule has 0 aliphatic heterocycles. The number of aliphatic carboxylic acids is 3. The van der Waals surface area contributed by atoms with Crippen molar-refractivity contribution in [3.8, 4) is 0 Å². The van der Waals surface area contributed by atoms with Crippen molar-refractivity contribution in [2.24, 2.45) is 28.3 Å². The summed E-state index contributed by atoms with van der Waals surface area (Å²) in [6.45, 7) is 6.94. The van der Waals surface area contributed by atoms with E-state index in [9.17, 15) is 77.6 Å². The van der Waals surface area contributed by atoms with E-state index < -0.39 is 164 Å². The fourth-order valence-electron chi connectivity index (χ4n) is 6.70. The molecule has 29 heteroatoms. The minimum atomic E-state index is -1.57. The van der Waals surface area contributed by atoms with Gasteiger partial charge in [0.2, 0.25) is 59.1 Å². The van der Waals surface area contributed by atoms with E-state index in [4.69, 9.17) is 11.5 Å². The second-order valence-corrected chi connectivity index (χ2v) is 17.9. The monoisotopic (exact) mass is 1060 g/mol. The quantitative estimate of drug-likeness (QED) is 0.0175. The highest BCUT2D eigenvalue weighted by Crippen LogP contribution is 2.10. The van der Waals surface area contributed by atoms with E-state index in [1.165, 1.54) is 6.92 Å². The summed E-state index contributed by atoms with van der Waals surface area (Å²) in [5.74, 6) is -13.9. The van der Waals surface area contributed by atoms with Gasteiger partial charge >= 0.3 is 17.9 Å². The van der Waals surface area contributed by atoms with Crippen molar-refractivity contribution in [3.63, 3.8) is 0 Å². The topological polar surface area (TPSA) is 467 Å². The first-order valence-corrected chi connectivity index (χ1v) is 23.7. The van der Waals surface area contributed by atoms with Gasteiger partial charge in [-0.15, -0.1) is 0 Å². The van der Waals surface area contributed by atoms with E-state index in [0.29, 0.717) is 5.56 Å². The van der Waals surface area contributed by atoms with Crippen LogP contribution in [0, 0.1) is 11.8 Å². The summed E-state index contributed by atoms with van der Waals surface area (Å²) in [5.41, 5.74) is 11.1. The van der Waals surface area contributed by atoms with Crippen LogP contribution in [-0.4, -0.2) is 167 Å². The summed E-state index contributed by atoms with van der Waals surface area (Å²) in [5, 5.41) is 51.6. The SMILES string of the molecule is CC(=O)N[C@@H](CC(=O)O)C(=O)N[C@@H](Cc1ccccc1)C(=O)N[C@@H](CC(C)C)C(=O)N[C@@H](C)C(=O)N[C@@H](CCC(=O)O)C(=O)NCC(=O)NCC(=O)NCC(=O)N[C@H](C(=O)N[C@@H](CCCN=C(N)N)C(=O)O)C(C)C. The fourth-order valence-corrected chi connectivity index (χ4v) is 6.70. The number of hydrogen-bond acceptors (Lipinski definition) is 14. The Morgan fingerprint density at radius 1 is 0.547 bits per heavy atom. The Hall–Kier alpha value is -8.40. The van der Waals surface area contributed by atoms with Crippen molar-refractivity contribution in [3.05, 3.63) is 35.9 Å². The molecule has 17 N–H and O–H groups in total. The molecule has 0 fully saturated rings. The molecule has 0 spiro atoms. The minimum Gasteiger partial charge on any atom is -0.481 e. The predicted molar refractivity (Wildman–Crippen MR) is 265 cm³/mol. The molecule has 0 saturated heterocycles. The molecular formula is C46H71N13O16. The average molecular weight is 1060 g/mol. The van der Waals surface area contributed by atoms with E-state index in [2.05, 4.69) is 58.2 Å². The lowest BCUT2D eigenvalue weighted by Gasteiger charge is -2.27. The maximum Gasteiger partial charge on any atom is 0.326 e. The standard InChI is InChI=1S/C46H71N13O16/c1-23(2)17-30(57-42(71)31(18-27-11-8-7-9-12-27)58-43(72)32(19-37(66)67)54-26(6)60)41(70)53-25(5)39(68)55-28(14-15-36(64)65)40(69)52-21-34(62)50-20-33(61)51-22-35(63)59-38(24(3)4)44(73)56-29(45(74)75)13-10-16-49-46(47)48/h7-9,11-12,23-25,28-32,38H,10,13-22H2,1-6H3,(H,50,62)(H,51,61)(H,52,69)(H,53,70)(H,54,60)(H,55,68)(H,56,73)(H,57,71)(H,58,72)(H,59,63)(H,64,65)(H,66,67)(H,74,75)(H4,47,48,49)/t25-,28-,29-,30-,31-,32-,38-/m0/s1. The molecular weight excluding hydrogens is 991 g/mol. The summed E-state index contributed by atoms with van der Waals surface area (Å²) in [7, 11) is 0. The summed E-state index contributed by atoms with van der Waals surface area (Å²) in [6, 6.07) is -1.41. The highest BCUT2D eigenvalue weighted by Gasteiger charge is 2.33. The van der Waals surface area contributed by atoms with Crippen LogP contribution in [0.5, 0.6) is 0 Å². The van der Waals surface area contributed by atoms with Gasteiger partial charge in [-0.1, -0.05) is 58.0 Å². The molecule has 1 aromatic rings. The lowest BCUT2D eigenvalue weighted by atomic mass is 10.0. The summed E-state index contributed by atoms with van der Waals surface area (Å²) in [6.07, 6.45) is -1.82. The Bertz CT molecular complexity index is 2210. The molecule has 0 aliphatic carbocycles. The van der Waals surface area contributed by atoms with Gasteiger partial charge in [-0.25, -0.2) is 4.79 Å². The third-order valence-electron chi connectivity index (χ3n) is 10.5. The number of hydrogen-bond donors (Lipinski definition) is 15. The highest BCUT2D eigenvalue weighted by atomic mass is 16.4. The number of guanidine groups is 1. The van der Waals surface area contributed by atoms with Gasteiger partial charge in [0, 0.05) is 26.3 Å². The summed E-state index contributed by atoms with van der Waals surface area (Å²) < 4.78 is 0. The molecule has 29 nitrogen and oxygen atoms in total. The van der Waals surface area contributed by atoms with Gasteiger partial charge in [0.15, 0.2) is 5.96 Å². The van der Waals surface area contributed by atoms with Crippen LogP contribution in [0.3, 0.4) is 0 Å². The molecule has 0 aliphatic rings. The minimum absolute atomic E-state index is 0.0105. The number of amides is 10. The number of rotatable bonds is 34. The third kappa shape index (κ3) is 27.3. The molecule has 1 aromatic carbocycles. The maximum absolute atomic E-state index is 13.8. The molecule has 10 amide bonds. The van der Waals surface area contributed by atoms with Crippen molar-refractivity contribution in [1.29, 1.82) is 0 Å². The Morgan fingerprint density at radius 3 is 1.61 bits per heavy atom. The largest absolute Gasteiger partial charge is 0.481 e. The smallest absolute Gasteiger partial charge is 0.326 e. The molecule has 0 aromatic heterocycles. The average Bonchev–Trinajstić information content (AvgIpc) is 3.31. The van der Waals surface area contributed by atoms with E-state index in [0.717, 1.165) is 6.92 Å². The van der Waals surface area contributed by atoms with Crippen LogP contribution in [0.25, 0.3) is 0 Å². The van der Waals surface area contributed by atoms with Crippen LogP contribution >= 0.6 is 0 Å². The molecule has 7 atom stereocenters. The lowest BCUT2D eigenvalue weighted by Crippen LogP contribution is -2.59. The van der Waals surface area contributed by atoms with Gasteiger partial charge in [0.05, 0.1) is 26.1 Å². The second-order valence-electron chi connectivity index (χ2n) is 17.9. The van der Waals surface area contributed by atoms with Gasteiger partial charge in [-0.3, -0.25) is 62.5 Å². The first kappa shape index (κ1) is 64.6. The van der Waals surface area contributed by atoms with Crippen molar-refractivity contribution >= 4 is 82.9 Å². The molecule has 75 heavy (non-hydrogen) atoms. The zero-order valence-corrected chi connectivity index (χ0v) is 42.6. The van der Waals surface area contributed by atoms with Crippen molar-refractivity contribution in [2.75, 3.05) is 26.2 Å². The molecule has 0 unspecified atom stereocenters. The van der Waals surface area contributed by atoms with E-state index in [1.807, 2.05) is 0 Å². The van der Waals surface area contributed by atoms with Crippen LogP contribution < -0.4 is 64.6 Å². The van der Waals surface area contributed by atoms with E-state index >= 15 is 0 Å². The van der Waals surface area contributed by atoms with Gasteiger partial charge in [-0.05, 0) is 50.0 Å². The van der Waals surface area contributed by atoms with Gasteiger partial charge in [0.25, 0.3) is 0 Å². The zero-order chi connectivity index (χ0) is 56.9. The molecule has 1 rings (SSSR count). The van der Waals surface area contributed by atoms with Crippen LogP contribution in [0.4, 0.5) is 0 Å². The number of nitrogens with zero attached hydrogens (tertiary/aromatic N) is 1. The number of nitrogens with one attached hydrogen (secondary N) is 10. The normalized spacial score (nSPS) is 13.5. The van der Waals surface area contributed by atoms with Crippen molar-refractivity contribution < 1.29 is 77.6 Å². The fraction of sp³-hybridized carbons (Fsp3) is 0.565. The molecule has 0 bridgehead atoms. The second kappa shape index (κ2) is 33.4. The molecule has 0 heterocycles. The van der Waals surface area contributed by atoms with Crippen molar-refractivity contribution in [1.82, 2.24) is 53.2 Å². The maximum atomic E-state index is 13.8. The number of carbonyl (C=O) groups is 13. The number of carbonyl (C=O) groups excluding carboxylic acids is 10. The summed E-state index contributed by atoms with van der Waals surface area (Å²) >= 11 is 0. The molecule has 0 radical (unpaired) electrons.